The van der Waals surface area contributed by atoms with Crippen LogP contribution in [0.4, 0.5) is 0 Å². The summed E-state index contributed by atoms with van der Waals surface area (Å²) in [6, 6.07) is 14.8. The molecule has 1 N–H and O–H groups in total. The van der Waals surface area contributed by atoms with Crippen LogP contribution in [0, 0.1) is 0 Å². The smallest absolute Gasteiger partial charge is 0.0968 e. The van der Waals surface area contributed by atoms with Crippen molar-refractivity contribution in [3.8, 4) is 11.3 Å². The quantitative estimate of drug-likeness (QED) is 0.799. The predicted octanol–water partition coefficient (Wildman–Crippen LogP) is 3.70. The van der Waals surface area contributed by atoms with Crippen molar-refractivity contribution >= 4 is 11.3 Å². The Hall–Kier alpha value is -1.91. The molecule has 0 bridgehead atoms. The standard InChI is InChI=1S/C17H17N3S/c1-2-5-13(6-3-1)17-15-12-20(9-8-16(15)18-19-17)11-14-7-4-10-21-14/h1-7,10H,8-9,11-12H2,(H,18,19). The Kier molecular flexibility index (Phi) is 3.33. The van der Waals surface area contributed by atoms with Crippen molar-refractivity contribution in [2.24, 2.45) is 0 Å². The van der Waals surface area contributed by atoms with Crippen LogP contribution < -0.4 is 0 Å². The van der Waals surface area contributed by atoms with Crippen LogP contribution in [0.25, 0.3) is 11.3 Å². The van der Waals surface area contributed by atoms with E-state index in [1.165, 1.54) is 21.7 Å². The highest BCUT2D eigenvalue weighted by molar-refractivity contribution is 7.09. The molecular weight excluding hydrogens is 278 g/mol. The zero-order valence-corrected chi connectivity index (χ0v) is 12.6. The Balaban J connectivity index is 1.61. The molecule has 4 rings (SSSR count). The minimum Gasteiger partial charge on any atom is -0.293 e. The maximum atomic E-state index is 4.55. The first-order chi connectivity index (χ1) is 10.4. The number of fused-ring (bicyclic) bond motifs is 1. The number of nitrogens with zero attached hydrogens (tertiary/aromatic N) is 2. The van der Waals surface area contributed by atoms with E-state index >= 15 is 0 Å². The Morgan fingerprint density at radius 3 is 2.86 bits per heavy atom. The van der Waals surface area contributed by atoms with Crippen LogP contribution in [-0.2, 0) is 19.5 Å². The van der Waals surface area contributed by atoms with E-state index < -0.39 is 0 Å². The fraction of sp³-hybridized carbons (Fsp3) is 0.235. The largest absolute Gasteiger partial charge is 0.293 e. The van der Waals surface area contributed by atoms with E-state index in [1.807, 2.05) is 17.4 Å². The van der Waals surface area contributed by atoms with Crippen LogP contribution in [0.2, 0.25) is 0 Å². The van der Waals surface area contributed by atoms with Gasteiger partial charge in [0.25, 0.3) is 0 Å². The molecule has 0 saturated carbocycles. The highest BCUT2D eigenvalue weighted by Gasteiger charge is 2.22. The van der Waals surface area contributed by atoms with Crippen LogP contribution in [0.1, 0.15) is 16.1 Å². The lowest BCUT2D eigenvalue weighted by Crippen LogP contribution is -2.29. The average Bonchev–Trinajstić information content (AvgIpc) is 3.17. The molecule has 4 heteroatoms. The summed E-state index contributed by atoms with van der Waals surface area (Å²) in [4.78, 5) is 3.94. The van der Waals surface area contributed by atoms with E-state index in [2.05, 4.69) is 56.9 Å². The van der Waals surface area contributed by atoms with Crippen molar-refractivity contribution in [2.75, 3.05) is 6.54 Å². The topological polar surface area (TPSA) is 31.9 Å². The second-order valence-corrected chi connectivity index (χ2v) is 6.47. The van der Waals surface area contributed by atoms with Crippen molar-refractivity contribution in [1.29, 1.82) is 0 Å². The Labute approximate surface area is 128 Å². The van der Waals surface area contributed by atoms with Crippen LogP contribution in [-0.4, -0.2) is 21.6 Å². The summed E-state index contributed by atoms with van der Waals surface area (Å²) in [5.41, 5.74) is 4.98. The molecule has 0 atom stereocenters. The number of H-pyrrole nitrogens is 1. The van der Waals surface area contributed by atoms with Crippen LogP contribution >= 0.6 is 11.3 Å². The summed E-state index contributed by atoms with van der Waals surface area (Å²) in [6.45, 7) is 3.12. The zero-order valence-electron chi connectivity index (χ0n) is 11.7. The molecule has 21 heavy (non-hydrogen) atoms. The third-order valence-corrected chi connectivity index (χ3v) is 4.88. The minimum atomic E-state index is 0.980. The van der Waals surface area contributed by atoms with Gasteiger partial charge in [-0.05, 0) is 11.4 Å². The second kappa shape index (κ2) is 5.47. The number of hydrogen-bond acceptors (Lipinski definition) is 3. The van der Waals surface area contributed by atoms with Gasteiger partial charge in [-0.25, -0.2) is 0 Å². The van der Waals surface area contributed by atoms with Crippen molar-refractivity contribution < 1.29 is 0 Å². The summed E-state index contributed by atoms with van der Waals surface area (Å²) in [7, 11) is 0. The molecular formula is C17H17N3S. The summed E-state index contributed by atoms with van der Waals surface area (Å²) in [5, 5.41) is 9.93. The molecule has 0 radical (unpaired) electrons. The number of aromatic nitrogens is 2. The lowest BCUT2D eigenvalue weighted by atomic mass is 10.0. The van der Waals surface area contributed by atoms with Gasteiger partial charge in [0, 0.05) is 47.8 Å². The number of thiophene rings is 1. The predicted molar refractivity (Wildman–Crippen MR) is 86.2 cm³/mol. The van der Waals surface area contributed by atoms with Crippen molar-refractivity contribution in [3.05, 3.63) is 64.0 Å². The summed E-state index contributed by atoms with van der Waals surface area (Å²) < 4.78 is 0. The first-order valence-electron chi connectivity index (χ1n) is 7.26. The van der Waals surface area contributed by atoms with Gasteiger partial charge in [0.1, 0.15) is 0 Å². The molecule has 3 aromatic rings. The van der Waals surface area contributed by atoms with Gasteiger partial charge in [-0.1, -0.05) is 36.4 Å². The van der Waals surface area contributed by atoms with Crippen molar-refractivity contribution in [1.82, 2.24) is 15.1 Å². The fourth-order valence-electron chi connectivity index (χ4n) is 2.94. The monoisotopic (exact) mass is 295 g/mol. The molecule has 0 fully saturated rings. The normalized spacial score (nSPS) is 15.0. The molecule has 2 aromatic heterocycles. The molecule has 3 heterocycles. The molecule has 1 aliphatic heterocycles. The van der Waals surface area contributed by atoms with Gasteiger partial charge < -0.3 is 0 Å². The first kappa shape index (κ1) is 12.8. The highest BCUT2D eigenvalue weighted by Crippen LogP contribution is 2.29. The molecule has 1 aliphatic rings. The summed E-state index contributed by atoms with van der Waals surface area (Å²) >= 11 is 1.84. The van der Waals surface area contributed by atoms with Crippen LogP contribution in [0.15, 0.2) is 47.8 Å². The maximum Gasteiger partial charge on any atom is 0.0968 e. The van der Waals surface area contributed by atoms with Gasteiger partial charge in [0.05, 0.1) is 5.69 Å². The van der Waals surface area contributed by atoms with Gasteiger partial charge in [-0.3, -0.25) is 10.00 Å². The zero-order chi connectivity index (χ0) is 14.1. The third kappa shape index (κ3) is 2.52. The van der Waals surface area contributed by atoms with Gasteiger partial charge in [0.2, 0.25) is 0 Å². The molecule has 3 nitrogen and oxygen atoms in total. The number of rotatable bonds is 3. The lowest BCUT2D eigenvalue weighted by Gasteiger charge is -2.26. The lowest BCUT2D eigenvalue weighted by molar-refractivity contribution is 0.247. The van der Waals surface area contributed by atoms with E-state index in [9.17, 15) is 0 Å². The van der Waals surface area contributed by atoms with Crippen LogP contribution in [0.3, 0.4) is 0 Å². The fourth-order valence-corrected chi connectivity index (χ4v) is 3.69. The number of hydrogen-bond donors (Lipinski definition) is 1. The van der Waals surface area contributed by atoms with Gasteiger partial charge in [-0.2, -0.15) is 5.10 Å². The van der Waals surface area contributed by atoms with E-state index in [4.69, 9.17) is 0 Å². The Morgan fingerprint density at radius 2 is 2.05 bits per heavy atom. The number of nitrogens with one attached hydrogen (secondary N) is 1. The Bertz CT molecular complexity index is 716. The molecule has 0 aliphatic carbocycles. The SMILES string of the molecule is c1ccc(-c2n[nH]c3c2CN(Cc2cccs2)CC3)cc1. The van der Waals surface area contributed by atoms with Gasteiger partial charge in [-0.15, -0.1) is 11.3 Å². The molecule has 1 aromatic carbocycles. The van der Waals surface area contributed by atoms with Gasteiger partial charge >= 0.3 is 0 Å². The van der Waals surface area contributed by atoms with E-state index in [1.54, 1.807) is 0 Å². The van der Waals surface area contributed by atoms with E-state index in [0.717, 1.165) is 31.7 Å². The number of benzene rings is 1. The van der Waals surface area contributed by atoms with E-state index in [0.29, 0.717) is 0 Å². The summed E-state index contributed by atoms with van der Waals surface area (Å²) in [6.07, 6.45) is 1.06. The second-order valence-electron chi connectivity index (χ2n) is 5.44. The van der Waals surface area contributed by atoms with Crippen molar-refractivity contribution in [2.45, 2.75) is 19.5 Å². The first-order valence-corrected chi connectivity index (χ1v) is 8.14. The maximum absolute atomic E-state index is 4.55. The van der Waals surface area contributed by atoms with Crippen molar-refractivity contribution in [3.63, 3.8) is 0 Å². The Morgan fingerprint density at radius 1 is 1.14 bits per heavy atom. The summed E-state index contributed by atoms with van der Waals surface area (Å²) in [5.74, 6) is 0. The minimum absolute atomic E-state index is 0.980. The number of aromatic amines is 1. The van der Waals surface area contributed by atoms with E-state index in [-0.39, 0.29) is 0 Å². The average molecular weight is 295 g/mol. The highest BCUT2D eigenvalue weighted by atomic mass is 32.1. The van der Waals surface area contributed by atoms with Crippen LogP contribution in [0.5, 0.6) is 0 Å². The third-order valence-electron chi connectivity index (χ3n) is 4.02. The van der Waals surface area contributed by atoms with Gasteiger partial charge in [0.15, 0.2) is 0 Å². The molecule has 0 saturated heterocycles. The molecule has 0 unspecified atom stereocenters. The molecule has 106 valence electrons. The molecule has 0 spiro atoms. The molecule has 0 amide bonds.